The highest BCUT2D eigenvalue weighted by atomic mass is 19.2. The number of ether oxygens (including phenoxy) is 1. The molecule has 2 N–H and O–H groups in total. The highest BCUT2D eigenvalue weighted by molar-refractivity contribution is 5.95. The summed E-state index contributed by atoms with van der Waals surface area (Å²) >= 11 is 0. The van der Waals surface area contributed by atoms with Gasteiger partial charge < -0.3 is 15.4 Å². The van der Waals surface area contributed by atoms with Crippen LogP contribution >= 0.6 is 0 Å². The second-order valence-electron chi connectivity index (χ2n) is 5.19. The molecule has 0 aliphatic heterocycles. The number of carbonyl (C=O) groups excluding carboxylic acids is 3. The molecule has 0 fully saturated rings. The molecule has 0 unspecified atom stereocenters. The van der Waals surface area contributed by atoms with Crippen molar-refractivity contribution in [1.82, 2.24) is 5.32 Å². The number of carbonyl (C=O) groups is 3. The number of hydrogen-bond donors (Lipinski definition) is 2. The standard InChI is InChI=1S/C17H12F4N2O4/c18-10-3-9(4-11(19)5-10)17(26)27-8-16(25)22-7-15(24)23-12-1-2-13(20)14(21)6-12/h1-6H,7-8H2,(H,22,25)(H,23,24). The van der Waals surface area contributed by atoms with Crippen molar-refractivity contribution in [2.45, 2.75) is 0 Å². The SMILES string of the molecule is O=C(COC(=O)c1cc(F)cc(F)c1)NCC(=O)Nc1ccc(F)c(F)c1. The first-order valence-electron chi connectivity index (χ1n) is 7.39. The van der Waals surface area contributed by atoms with Gasteiger partial charge in [0.05, 0.1) is 12.1 Å². The third kappa shape index (κ3) is 6.10. The lowest BCUT2D eigenvalue weighted by molar-refractivity contribution is -0.126. The molecule has 0 bridgehead atoms. The number of amides is 2. The van der Waals surface area contributed by atoms with Gasteiger partial charge in [-0.25, -0.2) is 22.4 Å². The maximum atomic E-state index is 13.0. The Morgan fingerprint density at radius 1 is 0.852 bits per heavy atom. The summed E-state index contributed by atoms with van der Waals surface area (Å²) in [7, 11) is 0. The van der Waals surface area contributed by atoms with E-state index in [1.54, 1.807) is 0 Å². The van der Waals surface area contributed by atoms with Crippen LogP contribution < -0.4 is 10.6 Å². The summed E-state index contributed by atoms with van der Waals surface area (Å²) in [5, 5.41) is 4.33. The Morgan fingerprint density at radius 2 is 1.52 bits per heavy atom. The maximum absolute atomic E-state index is 13.0. The molecule has 2 aromatic rings. The predicted octanol–water partition coefficient (Wildman–Crippen LogP) is 2.15. The number of hydrogen-bond acceptors (Lipinski definition) is 4. The molecule has 2 rings (SSSR count). The number of esters is 1. The van der Waals surface area contributed by atoms with Gasteiger partial charge in [-0.15, -0.1) is 0 Å². The molecule has 0 aliphatic rings. The Hall–Kier alpha value is -3.43. The van der Waals surface area contributed by atoms with Crippen molar-refractivity contribution < 1.29 is 36.7 Å². The van der Waals surface area contributed by atoms with Crippen LogP contribution in [-0.4, -0.2) is 30.9 Å². The molecule has 2 amide bonds. The maximum Gasteiger partial charge on any atom is 0.338 e. The normalized spacial score (nSPS) is 10.2. The van der Waals surface area contributed by atoms with E-state index in [2.05, 4.69) is 15.4 Å². The van der Waals surface area contributed by atoms with Gasteiger partial charge in [0.25, 0.3) is 5.91 Å². The van der Waals surface area contributed by atoms with E-state index in [9.17, 15) is 31.9 Å². The summed E-state index contributed by atoms with van der Waals surface area (Å²) in [5.74, 6) is -6.94. The van der Waals surface area contributed by atoms with Gasteiger partial charge in [0.1, 0.15) is 11.6 Å². The molecule has 27 heavy (non-hydrogen) atoms. The van der Waals surface area contributed by atoms with Crippen molar-refractivity contribution >= 4 is 23.5 Å². The molecule has 10 heteroatoms. The lowest BCUT2D eigenvalue weighted by atomic mass is 10.2. The summed E-state index contributed by atoms with van der Waals surface area (Å²) in [4.78, 5) is 34.8. The second-order valence-corrected chi connectivity index (χ2v) is 5.19. The van der Waals surface area contributed by atoms with Crippen LogP contribution in [0.1, 0.15) is 10.4 Å². The van der Waals surface area contributed by atoms with Crippen LogP contribution in [0.25, 0.3) is 0 Å². The monoisotopic (exact) mass is 384 g/mol. The number of rotatable bonds is 6. The van der Waals surface area contributed by atoms with E-state index >= 15 is 0 Å². The molecule has 0 radical (unpaired) electrons. The fourth-order valence-electron chi connectivity index (χ4n) is 1.90. The highest BCUT2D eigenvalue weighted by Gasteiger charge is 2.13. The van der Waals surface area contributed by atoms with Crippen molar-refractivity contribution in [2.75, 3.05) is 18.5 Å². The van der Waals surface area contributed by atoms with Crippen molar-refractivity contribution in [2.24, 2.45) is 0 Å². The smallest absolute Gasteiger partial charge is 0.338 e. The molecule has 0 heterocycles. The lowest BCUT2D eigenvalue weighted by Crippen LogP contribution is -2.35. The third-order valence-corrected chi connectivity index (χ3v) is 3.08. The first-order chi connectivity index (χ1) is 12.7. The van der Waals surface area contributed by atoms with E-state index in [1.807, 2.05) is 0 Å². The molecule has 0 spiro atoms. The first-order valence-corrected chi connectivity index (χ1v) is 7.39. The summed E-state index contributed by atoms with van der Waals surface area (Å²) in [6.07, 6.45) is 0. The van der Waals surface area contributed by atoms with Gasteiger partial charge >= 0.3 is 5.97 Å². The molecule has 0 saturated carbocycles. The Labute approximate surface area is 150 Å². The molecule has 142 valence electrons. The van der Waals surface area contributed by atoms with Gasteiger partial charge in [-0.05, 0) is 24.3 Å². The van der Waals surface area contributed by atoms with Crippen LogP contribution in [0, 0.1) is 23.3 Å². The van der Waals surface area contributed by atoms with E-state index in [0.29, 0.717) is 6.07 Å². The number of benzene rings is 2. The highest BCUT2D eigenvalue weighted by Crippen LogP contribution is 2.12. The van der Waals surface area contributed by atoms with Gasteiger partial charge in [-0.2, -0.15) is 0 Å². The summed E-state index contributed by atoms with van der Waals surface area (Å²) in [6.45, 7) is -1.33. The zero-order valence-corrected chi connectivity index (χ0v) is 13.5. The van der Waals surface area contributed by atoms with Crippen LogP contribution in [0.2, 0.25) is 0 Å². The van der Waals surface area contributed by atoms with E-state index in [0.717, 1.165) is 30.3 Å². The van der Waals surface area contributed by atoms with Gasteiger partial charge in [0.2, 0.25) is 5.91 Å². The number of halogens is 4. The van der Waals surface area contributed by atoms with E-state index in [4.69, 9.17) is 0 Å². The second kappa shape index (κ2) is 8.79. The minimum atomic E-state index is -1.16. The molecule has 0 aromatic heterocycles. The molecular weight excluding hydrogens is 372 g/mol. The Bertz CT molecular complexity index is 869. The largest absolute Gasteiger partial charge is 0.452 e. The fourth-order valence-corrected chi connectivity index (χ4v) is 1.90. The van der Waals surface area contributed by atoms with Crippen LogP contribution in [0.15, 0.2) is 36.4 Å². The molecule has 0 atom stereocenters. The van der Waals surface area contributed by atoms with E-state index in [1.165, 1.54) is 0 Å². The molecule has 6 nitrogen and oxygen atoms in total. The Morgan fingerprint density at radius 3 is 2.15 bits per heavy atom. The van der Waals surface area contributed by atoms with Crippen molar-refractivity contribution in [3.05, 3.63) is 65.2 Å². The minimum absolute atomic E-state index is 0.0206. The Kier molecular flexibility index (Phi) is 6.47. The quantitative estimate of drug-likeness (QED) is 0.591. The van der Waals surface area contributed by atoms with Crippen molar-refractivity contribution in [3.63, 3.8) is 0 Å². The third-order valence-electron chi connectivity index (χ3n) is 3.08. The average Bonchev–Trinajstić information content (AvgIpc) is 2.60. The minimum Gasteiger partial charge on any atom is -0.452 e. The van der Waals surface area contributed by atoms with Crippen molar-refractivity contribution in [1.29, 1.82) is 0 Å². The predicted molar refractivity (Wildman–Crippen MR) is 84.6 cm³/mol. The molecule has 0 saturated heterocycles. The number of nitrogens with one attached hydrogen (secondary N) is 2. The number of anilines is 1. The van der Waals surface area contributed by atoms with E-state index in [-0.39, 0.29) is 5.69 Å². The zero-order valence-electron chi connectivity index (χ0n) is 13.5. The van der Waals surface area contributed by atoms with Crippen molar-refractivity contribution in [3.8, 4) is 0 Å². The zero-order chi connectivity index (χ0) is 20.0. The fraction of sp³-hybridized carbons (Fsp3) is 0.118. The van der Waals surface area contributed by atoms with Crippen LogP contribution in [-0.2, 0) is 14.3 Å². The first kappa shape index (κ1) is 19.9. The molecule has 2 aromatic carbocycles. The van der Waals surface area contributed by atoms with E-state index < -0.39 is 59.8 Å². The average molecular weight is 384 g/mol. The Balaban J connectivity index is 1.77. The van der Waals surface area contributed by atoms with Crippen LogP contribution in [0.3, 0.4) is 0 Å². The topological polar surface area (TPSA) is 84.5 Å². The van der Waals surface area contributed by atoms with Crippen LogP contribution in [0.4, 0.5) is 23.2 Å². The van der Waals surface area contributed by atoms with Gasteiger partial charge in [0, 0.05) is 17.8 Å². The summed E-state index contributed by atoms with van der Waals surface area (Å²) in [5.41, 5.74) is -0.441. The molecular formula is C17H12F4N2O4. The summed E-state index contributed by atoms with van der Waals surface area (Å²) < 4.78 is 56.4. The summed E-state index contributed by atoms with van der Waals surface area (Å²) in [6, 6.07) is 4.73. The lowest BCUT2D eigenvalue weighted by Gasteiger charge is -2.08. The van der Waals surface area contributed by atoms with Gasteiger partial charge in [-0.3, -0.25) is 9.59 Å². The van der Waals surface area contributed by atoms with Crippen LogP contribution in [0.5, 0.6) is 0 Å². The van der Waals surface area contributed by atoms with Gasteiger partial charge in [0.15, 0.2) is 18.2 Å². The van der Waals surface area contributed by atoms with Gasteiger partial charge in [-0.1, -0.05) is 0 Å². The molecule has 0 aliphatic carbocycles.